The van der Waals surface area contributed by atoms with Crippen LogP contribution in [-0.2, 0) is 6.54 Å². The molecule has 8 nitrogen and oxygen atoms in total. The van der Waals surface area contributed by atoms with Crippen molar-refractivity contribution in [2.45, 2.75) is 26.4 Å². The van der Waals surface area contributed by atoms with Crippen LogP contribution in [0.25, 0.3) is 10.9 Å². The predicted molar refractivity (Wildman–Crippen MR) is 121 cm³/mol. The van der Waals surface area contributed by atoms with Crippen LogP contribution in [0.2, 0.25) is 0 Å². The topological polar surface area (TPSA) is 111 Å². The number of aromatic nitrogens is 5. The van der Waals surface area contributed by atoms with Gasteiger partial charge in [0.05, 0.1) is 23.8 Å². The standard InChI is InChI=1S/C22H20BrN7O/c1-13-10-16-11-15(4-6-18(16)27-20(13)24)22(31)30(12-17-5-7-19(23)29-28-17)14(2)21-25-8-3-9-26-21/h3-11,14H,12H2,1-2H3,(H2,24,27). The number of nitrogens with two attached hydrogens (primary N) is 1. The Hall–Kier alpha value is -3.46. The van der Waals surface area contributed by atoms with E-state index < -0.39 is 0 Å². The van der Waals surface area contributed by atoms with E-state index in [0.717, 1.165) is 16.5 Å². The van der Waals surface area contributed by atoms with Crippen LogP contribution in [0.5, 0.6) is 0 Å². The zero-order valence-corrected chi connectivity index (χ0v) is 18.6. The van der Waals surface area contributed by atoms with Crippen molar-refractivity contribution >= 4 is 38.6 Å². The third-order valence-electron chi connectivity index (χ3n) is 5.00. The number of carbonyl (C=O) groups is 1. The van der Waals surface area contributed by atoms with Crippen LogP contribution < -0.4 is 5.73 Å². The summed E-state index contributed by atoms with van der Waals surface area (Å²) in [6.45, 7) is 4.05. The van der Waals surface area contributed by atoms with Gasteiger partial charge in [-0.25, -0.2) is 15.0 Å². The van der Waals surface area contributed by atoms with Crippen LogP contribution in [0.1, 0.15) is 40.4 Å². The van der Waals surface area contributed by atoms with E-state index in [1.165, 1.54) is 0 Å². The highest BCUT2D eigenvalue weighted by Crippen LogP contribution is 2.25. The maximum atomic E-state index is 13.6. The lowest BCUT2D eigenvalue weighted by Crippen LogP contribution is -2.34. The van der Waals surface area contributed by atoms with Crippen molar-refractivity contribution in [1.29, 1.82) is 0 Å². The fourth-order valence-electron chi connectivity index (χ4n) is 3.25. The van der Waals surface area contributed by atoms with E-state index in [1.54, 1.807) is 41.6 Å². The molecule has 2 N–H and O–H groups in total. The van der Waals surface area contributed by atoms with Gasteiger partial charge in [-0.1, -0.05) is 0 Å². The van der Waals surface area contributed by atoms with Gasteiger partial charge in [-0.3, -0.25) is 4.79 Å². The first-order chi connectivity index (χ1) is 14.9. The summed E-state index contributed by atoms with van der Waals surface area (Å²) >= 11 is 3.29. The van der Waals surface area contributed by atoms with E-state index in [9.17, 15) is 4.79 Å². The third-order valence-corrected chi connectivity index (χ3v) is 5.42. The van der Waals surface area contributed by atoms with Crippen molar-refractivity contribution in [2.24, 2.45) is 0 Å². The van der Waals surface area contributed by atoms with Gasteiger partial charge < -0.3 is 10.6 Å². The largest absolute Gasteiger partial charge is 0.383 e. The Balaban J connectivity index is 1.72. The second-order valence-electron chi connectivity index (χ2n) is 7.16. The molecule has 1 unspecified atom stereocenters. The molecule has 4 rings (SSSR count). The number of nitrogens with zero attached hydrogens (tertiary/aromatic N) is 6. The van der Waals surface area contributed by atoms with E-state index in [4.69, 9.17) is 5.73 Å². The molecule has 1 amide bonds. The number of anilines is 1. The van der Waals surface area contributed by atoms with Crippen molar-refractivity contribution in [3.63, 3.8) is 0 Å². The predicted octanol–water partition coefficient (Wildman–Crippen LogP) is 3.87. The van der Waals surface area contributed by atoms with E-state index in [1.807, 2.05) is 32.0 Å². The molecule has 0 saturated heterocycles. The minimum atomic E-state index is -0.374. The average Bonchev–Trinajstić information content (AvgIpc) is 2.79. The number of nitrogen functional groups attached to an aromatic ring is 1. The molecule has 1 aromatic carbocycles. The van der Waals surface area contributed by atoms with Crippen molar-refractivity contribution < 1.29 is 4.79 Å². The first-order valence-electron chi connectivity index (χ1n) is 9.65. The molecular formula is C22H20BrN7O. The van der Waals surface area contributed by atoms with E-state index in [-0.39, 0.29) is 18.5 Å². The minimum absolute atomic E-state index is 0.166. The van der Waals surface area contributed by atoms with Crippen LogP contribution in [0.4, 0.5) is 5.82 Å². The van der Waals surface area contributed by atoms with E-state index in [0.29, 0.717) is 27.5 Å². The van der Waals surface area contributed by atoms with Gasteiger partial charge in [0.2, 0.25) is 0 Å². The number of hydrogen-bond acceptors (Lipinski definition) is 7. The molecule has 0 aliphatic rings. The number of halogens is 1. The molecular weight excluding hydrogens is 458 g/mol. The Morgan fingerprint density at radius 3 is 2.61 bits per heavy atom. The smallest absolute Gasteiger partial charge is 0.254 e. The maximum absolute atomic E-state index is 13.6. The fraction of sp³-hybridized carbons (Fsp3) is 0.182. The summed E-state index contributed by atoms with van der Waals surface area (Å²) in [7, 11) is 0. The molecule has 3 aromatic heterocycles. The van der Waals surface area contributed by atoms with Crippen LogP contribution in [0.15, 0.2) is 59.5 Å². The molecule has 0 radical (unpaired) electrons. The molecule has 0 aliphatic carbocycles. The molecule has 4 aromatic rings. The van der Waals surface area contributed by atoms with Crippen LogP contribution in [-0.4, -0.2) is 36.0 Å². The van der Waals surface area contributed by atoms with Gasteiger partial charge in [0.15, 0.2) is 0 Å². The average molecular weight is 478 g/mol. The molecule has 0 saturated carbocycles. The lowest BCUT2D eigenvalue weighted by atomic mass is 10.1. The molecule has 0 fully saturated rings. The summed E-state index contributed by atoms with van der Waals surface area (Å²) in [6, 6.07) is 12.3. The highest BCUT2D eigenvalue weighted by molar-refractivity contribution is 9.10. The Morgan fingerprint density at radius 1 is 1.13 bits per heavy atom. The van der Waals surface area contributed by atoms with Crippen molar-refractivity contribution in [1.82, 2.24) is 30.0 Å². The fourth-order valence-corrected chi connectivity index (χ4v) is 3.46. The van der Waals surface area contributed by atoms with Crippen molar-refractivity contribution in [3.8, 4) is 0 Å². The highest BCUT2D eigenvalue weighted by atomic mass is 79.9. The van der Waals surface area contributed by atoms with Crippen LogP contribution >= 0.6 is 15.9 Å². The van der Waals surface area contributed by atoms with Crippen molar-refractivity contribution in [2.75, 3.05) is 5.73 Å². The first kappa shape index (κ1) is 20.8. The molecule has 0 spiro atoms. The number of pyridine rings is 1. The van der Waals surface area contributed by atoms with Crippen LogP contribution in [0.3, 0.4) is 0 Å². The number of fused-ring (bicyclic) bond motifs is 1. The molecule has 1 atom stereocenters. The third kappa shape index (κ3) is 4.51. The number of hydrogen-bond donors (Lipinski definition) is 1. The zero-order chi connectivity index (χ0) is 22.0. The SMILES string of the molecule is Cc1cc2cc(C(=O)N(Cc3ccc(Br)nn3)C(C)c3ncccn3)ccc2nc1N. The van der Waals surface area contributed by atoms with Gasteiger partial charge in [-0.05, 0) is 77.8 Å². The lowest BCUT2D eigenvalue weighted by Gasteiger charge is -2.28. The van der Waals surface area contributed by atoms with Gasteiger partial charge >= 0.3 is 0 Å². The summed E-state index contributed by atoms with van der Waals surface area (Å²) < 4.78 is 0.630. The monoisotopic (exact) mass is 477 g/mol. The van der Waals surface area contributed by atoms with E-state index in [2.05, 4.69) is 41.1 Å². The Kier molecular flexibility index (Phi) is 5.85. The second kappa shape index (κ2) is 8.73. The Bertz CT molecular complexity index is 1230. The Morgan fingerprint density at radius 2 is 1.90 bits per heavy atom. The van der Waals surface area contributed by atoms with Gasteiger partial charge in [0.1, 0.15) is 16.2 Å². The lowest BCUT2D eigenvalue weighted by molar-refractivity contribution is 0.0663. The number of rotatable bonds is 5. The summed E-state index contributed by atoms with van der Waals surface area (Å²) in [5.41, 5.74) is 8.71. The number of benzene rings is 1. The van der Waals surface area contributed by atoms with Gasteiger partial charge in [-0.15, -0.1) is 5.10 Å². The second-order valence-corrected chi connectivity index (χ2v) is 7.97. The maximum Gasteiger partial charge on any atom is 0.254 e. The first-order valence-corrected chi connectivity index (χ1v) is 10.4. The molecule has 31 heavy (non-hydrogen) atoms. The van der Waals surface area contributed by atoms with E-state index >= 15 is 0 Å². The Labute approximate surface area is 187 Å². The zero-order valence-electron chi connectivity index (χ0n) is 17.0. The minimum Gasteiger partial charge on any atom is -0.383 e. The van der Waals surface area contributed by atoms with Crippen molar-refractivity contribution in [3.05, 3.63) is 82.1 Å². The molecule has 156 valence electrons. The normalized spacial score (nSPS) is 12.0. The molecule has 0 bridgehead atoms. The summed E-state index contributed by atoms with van der Waals surface area (Å²) in [6.07, 6.45) is 3.33. The summed E-state index contributed by atoms with van der Waals surface area (Å²) in [5, 5.41) is 9.07. The van der Waals surface area contributed by atoms with Crippen LogP contribution in [0, 0.1) is 6.92 Å². The quantitative estimate of drug-likeness (QED) is 0.464. The van der Waals surface area contributed by atoms with Gasteiger partial charge in [-0.2, -0.15) is 5.10 Å². The number of carbonyl (C=O) groups excluding carboxylic acids is 1. The molecule has 9 heteroatoms. The highest BCUT2D eigenvalue weighted by Gasteiger charge is 2.25. The summed E-state index contributed by atoms with van der Waals surface area (Å²) in [5.74, 6) is 0.866. The summed E-state index contributed by atoms with van der Waals surface area (Å²) in [4.78, 5) is 28.3. The van der Waals surface area contributed by atoms with Gasteiger partial charge in [0, 0.05) is 23.3 Å². The molecule has 0 aliphatic heterocycles. The molecule has 3 heterocycles. The number of amides is 1. The van der Waals surface area contributed by atoms with Gasteiger partial charge in [0.25, 0.3) is 5.91 Å². The number of aryl methyl sites for hydroxylation is 1.